The summed E-state index contributed by atoms with van der Waals surface area (Å²) in [6, 6.07) is -0.693. The van der Waals surface area contributed by atoms with E-state index in [4.69, 9.17) is 9.47 Å². The summed E-state index contributed by atoms with van der Waals surface area (Å²) in [6.45, 7) is 0.866. The zero-order chi connectivity index (χ0) is 13.5. The van der Waals surface area contributed by atoms with Gasteiger partial charge < -0.3 is 14.8 Å². The fourth-order valence-electron chi connectivity index (χ4n) is 2.93. The third-order valence-electron chi connectivity index (χ3n) is 4.15. The highest BCUT2D eigenvalue weighted by Gasteiger charge is 2.53. The minimum Gasteiger partial charge on any atom is -0.353 e. The summed E-state index contributed by atoms with van der Waals surface area (Å²) in [4.78, 5) is 21.8. The van der Waals surface area contributed by atoms with E-state index < -0.39 is 17.7 Å². The molecule has 0 aromatic rings. The topological polar surface area (TPSA) is 90.7 Å². The van der Waals surface area contributed by atoms with Gasteiger partial charge in [-0.25, -0.2) is 0 Å². The van der Waals surface area contributed by atoms with Crippen LogP contribution in [0.1, 0.15) is 32.1 Å². The molecule has 1 amide bonds. The van der Waals surface area contributed by atoms with Crippen LogP contribution in [0.4, 0.5) is 0 Å². The fourth-order valence-corrected chi connectivity index (χ4v) is 2.93. The highest BCUT2D eigenvalue weighted by molar-refractivity contribution is 5.81. The number of amides is 1. The van der Waals surface area contributed by atoms with Gasteiger partial charge >= 0.3 is 0 Å². The summed E-state index contributed by atoms with van der Waals surface area (Å²) in [6.07, 6.45) is 4.30. The molecular weight excluding hydrogens is 252 g/mol. The average Bonchev–Trinajstić information content (AvgIpc) is 2.92. The predicted octanol–water partition coefficient (Wildman–Crippen LogP) is 0.453. The molecule has 7 heteroatoms. The van der Waals surface area contributed by atoms with Gasteiger partial charge in [-0.3, -0.25) is 14.9 Å². The SMILES string of the molecule is O=C(NC[C@@H]1COC2(CCCC2)O1)[C@H]1C[C@H]1[N+](=O)[O-]. The molecule has 0 unspecified atom stereocenters. The van der Waals surface area contributed by atoms with E-state index in [0.717, 1.165) is 25.7 Å². The molecular formula is C12H18N2O5. The molecule has 3 atom stereocenters. The molecule has 3 fully saturated rings. The van der Waals surface area contributed by atoms with Crippen LogP contribution in [0.15, 0.2) is 0 Å². The Morgan fingerprint density at radius 2 is 2.16 bits per heavy atom. The van der Waals surface area contributed by atoms with Crippen molar-refractivity contribution in [3.63, 3.8) is 0 Å². The number of nitro groups is 1. The fraction of sp³-hybridized carbons (Fsp3) is 0.917. The van der Waals surface area contributed by atoms with E-state index in [2.05, 4.69) is 5.32 Å². The van der Waals surface area contributed by atoms with E-state index in [1.165, 1.54) is 0 Å². The lowest BCUT2D eigenvalue weighted by Crippen LogP contribution is -2.36. The Labute approximate surface area is 110 Å². The smallest absolute Gasteiger partial charge is 0.230 e. The molecule has 2 aliphatic carbocycles. The van der Waals surface area contributed by atoms with Crippen molar-refractivity contribution in [2.75, 3.05) is 13.2 Å². The van der Waals surface area contributed by atoms with Gasteiger partial charge in [-0.05, 0) is 12.8 Å². The van der Waals surface area contributed by atoms with E-state index in [9.17, 15) is 14.9 Å². The Morgan fingerprint density at radius 3 is 2.79 bits per heavy atom. The molecule has 1 aliphatic heterocycles. The molecule has 7 nitrogen and oxygen atoms in total. The third kappa shape index (κ3) is 2.57. The number of hydrogen-bond donors (Lipinski definition) is 1. The van der Waals surface area contributed by atoms with Gasteiger partial charge in [0.2, 0.25) is 11.9 Å². The van der Waals surface area contributed by atoms with Gasteiger partial charge in [0, 0.05) is 30.7 Å². The first-order valence-electron chi connectivity index (χ1n) is 6.83. The molecule has 0 aromatic heterocycles. The molecule has 106 valence electrons. The molecule has 19 heavy (non-hydrogen) atoms. The minimum atomic E-state index is -0.693. The highest BCUT2D eigenvalue weighted by Crippen LogP contribution is 2.39. The zero-order valence-corrected chi connectivity index (χ0v) is 10.7. The molecule has 1 N–H and O–H groups in total. The first kappa shape index (κ1) is 12.8. The highest BCUT2D eigenvalue weighted by atomic mass is 16.7. The Bertz CT molecular complexity index is 394. The van der Waals surface area contributed by atoms with Gasteiger partial charge in [-0.15, -0.1) is 0 Å². The van der Waals surface area contributed by atoms with Crippen molar-refractivity contribution in [1.82, 2.24) is 5.32 Å². The van der Waals surface area contributed by atoms with Gasteiger partial charge in [-0.1, -0.05) is 0 Å². The summed E-state index contributed by atoms with van der Waals surface area (Å²) in [7, 11) is 0. The monoisotopic (exact) mass is 270 g/mol. The number of rotatable bonds is 4. The number of hydrogen-bond acceptors (Lipinski definition) is 5. The predicted molar refractivity (Wildman–Crippen MR) is 63.9 cm³/mol. The van der Waals surface area contributed by atoms with Gasteiger partial charge in [-0.2, -0.15) is 0 Å². The van der Waals surface area contributed by atoms with Crippen LogP contribution in [0.3, 0.4) is 0 Å². The standard InChI is InChI=1S/C12H18N2O5/c15-11(9-5-10(9)14(16)17)13-6-8-7-18-12(19-8)3-1-2-4-12/h8-10H,1-7H2,(H,13,15)/t8-,9+,10-/m1/s1. The van der Waals surface area contributed by atoms with Gasteiger partial charge in [0.15, 0.2) is 5.79 Å². The lowest BCUT2D eigenvalue weighted by atomic mass is 10.2. The van der Waals surface area contributed by atoms with Crippen molar-refractivity contribution in [3.05, 3.63) is 10.1 Å². The number of nitrogens with one attached hydrogen (secondary N) is 1. The van der Waals surface area contributed by atoms with Gasteiger partial charge in [0.05, 0.1) is 6.61 Å². The largest absolute Gasteiger partial charge is 0.353 e. The van der Waals surface area contributed by atoms with Crippen LogP contribution in [-0.4, -0.2) is 41.9 Å². The first-order valence-corrected chi connectivity index (χ1v) is 6.83. The maximum Gasteiger partial charge on any atom is 0.230 e. The summed E-state index contributed by atoms with van der Waals surface area (Å²) in [5, 5.41) is 13.2. The lowest BCUT2D eigenvalue weighted by Gasteiger charge is -2.21. The van der Waals surface area contributed by atoms with Crippen LogP contribution in [0.2, 0.25) is 0 Å². The second-order valence-corrected chi connectivity index (χ2v) is 5.61. The van der Waals surface area contributed by atoms with Crippen molar-refractivity contribution in [1.29, 1.82) is 0 Å². The molecule has 1 heterocycles. The number of ether oxygens (including phenoxy) is 2. The summed E-state index contributed by atoms with van der Waals surface area (Å²) in [5.41, 5.74) is 0. The molecule has 0 bridgehead atoms. The van der Waals surface area contributed by atoms with Gasteiger partial charge in [0.25, 0.3) is 0 Å². The molecule has 3 rings (SSSR count). The van der Waals surface area contributed by atoms with Crippen LogP contribution >= 0.6 is 0 Å². The molecule has 1 spiro atoms. The molecule has 2 saturated carbocycles. The normalized spacial score (nSPS) is 35.5. The van der Waals surface area contributed by atoms with Crippen molar-refractivity contribution < 1.29 is 19.2 Å². The van der Waals surface area contributed by atoms with Gasteiger partial charge in [0.1, 0.15) is 12.0 Å². The number of carbonyl (C=O) groups excluding carboxylic acids is 1. The quantitative estimate of drug-likeness (QED) is 0.591. The van der Waals surface area contributed by atoms with Crippen LogP contribution in [-0.2, 0) is 14.3 Å². The van der Waals surface area contributed by atoms with Crippen LogP contribution in [0, 0.1) is 16.0 Å². The summed E-state index contributed by atoms with van der Waals surface area (Å²) >= 11 is 0. The van der Waals surface area contributed by atoms with Crippen LogP contribution in [0.25, 0.3) is 0 Å². The lowest BCUT2D eigenvalue weighted by molar-refractivity contribution is -0.497. The van der Waals surface area contributed by atoms with Crippen molar-refractivity contribution in [3.8, 4) is 0 Å². The Kier molecular flexibility index (Phi) is 3.18. The zero-order valence-electron chi connectivity index (χ0n) is 10.7. The van der Waals surface area contributed by atoms with Crippen molar-refractivity contribution in [2.24, 2.45) is 5.92 Å². The summed E-state index contributed by atoms with van der Waals surface area (Å²) in [5.74, 6) is -1.12. The minimum absolute atomic E-state index is 0.130. The second-order valence-electron chi connectivity index (χ2n) is 5.61. The Morgan fingerprint density at radius 1 is 1.42 bits per heavy atom. The average molecular weight is 270 g/mol. The number of nitrogens with zero attached hydrogens (tertiary/aromatic N) is 1. The maximum atomic E-state index is 11.7. The van der Waals surface area contributed by atoms with E-state index in [1.807, 2.05) is 0 Å². The second kappa shape index (κ2) is 4.72. The first-order chi connectivity index (χ1) is 9.10. The van der Waals surface area contributed by atoms with E-state index in [0.29, 0.717) is 19.6 Å². The maximum absolute atomic E-state index is 11.7. The van der Waals surface area contributed by atoms with E-state index >= 15 is 0 Å². The van der Waals surface area contributed by atoms with E-state index in [1.54, 1.807) is 0 Å². The van der Waals surface area contributed by atoms with Crippen LogP contribution in [0.5, 0.6) is 0 Å². The van der Waals surface area contributed by atoms with Crippen molar-refractivity contribution >= 4 is 5.91 Å². The Balaban J connectivity index is 1.41. The van der Waals surface area contributed by atoms with Crippen LogP contribution < -0.4 is 5.32 Å². The molecule has 3 aliphatic rings. The molecule has 0 radical (unpaired) electrons. The Hall–Kier alpha value is -1.21. The molecule has 1 saturated heterocycles. The molecule has 0 aromatic carbocycles. The number of carbonyl (C=O) groups is 1. The third-order valence-corrected chi connectivity index (χ3v) is 4.15. The van der Waals surface area contributed by atoms with E-state index in [-0.39, 0.29) is 16.9 Å². The van der Waals surface area contributed by atoms with Crippen molar-refractivity contribution in [2.45, 2.75) is 50.0 Å². The summed E-state index contributed by atoms with van der Waals surface area (Å²) < 4.78 is 11.6.